The predicted molar refractivity (Wildman–Crippen MR) is 89.2 cm³/mol. The van der Waals surface area contributed by atoms with Gasteiger partial charge in [0.15, 0.2) is 23.1 Å². The predicted octanol–water partition coefficient (Wildman–Crippen LogP) is 3.28. The highest BCUT2D eigenvalue weighted by atomic mass is 32.2. The fourth-order valence-electron chi connectivity index (χ4n) is 2.14. The SMILES string of the molecule is CC(=O)C(C(=O)/C=C/c1ccc2c(c1)OCO2)=C1SCCS1. The number of allylic oxidation sites excluding steroid dienone is 2. The fourth-order valence-corrected chi connectivity index (χ4v) is 4.79. The summed E-state index contributed by atoms with van der Waals surface area (Å²) in [5.74, 6) is 2.82. The minimum atomic E-state index is -0.248. The lowest BCUT2D eigenvalue weighted by Crippen LogP contribution is -2.08. The topological polar surface area (TPSA) is 52.6 Å². The first kappa shape index (κ1) is 15.2. The van der Waals surface area contributed by atoms with E-state index in [9.17, 15) is 9.59 Å². The van der Waals surface area contributed by atoms with Crippen LogP contribution in [0.25, 0.3) is 6.08 Å². The van der Waals surface area contributed by atoms with Crippen molar-refractivity contribution in [3.8, 4) is 11.5 Å². The number of carbonyl (C=O) groups excluding carboxylic acids is 2. The number of ketones is 2. The van der Waals surface area contributed by atoms with E-state index in [1.54, 1.807) is 35.7 Å². The second-order valence-electron chi connectivity index (χ2n) is 4.73. The van der Waals surface area contributed by atoms with E-state index in [1.165, 1.54) is 13.0 Å². The number of carbonyl (C=O) groups is 2. The Bertz CT molecular complexity index is 683. The third-order valence-electron chi connectivity index (χ3n) is 3.18. The van der Waals surface area contributed by atoms with E-state index in [1.807, 2.05) is 12.1 Å². The van der Waals surface area contributed by atoms with Crippen LogP contribution >= 0.6 is 23.5 Å². The lowest BCUT2D eigenvalue weighted by Gasteiger charge is -2.03. The molecule has 0 saturated carbocycles. The average molecular weight is 334 g/mol. The maximum absolute atomic E-state index is 12.3. The number of hydrogen-bond acceptors (Lipinski definition) is 6. The molecule has 0 atom stereocenters. The molecule has 114 valence electrons. The lowest BCUT2D eigenvalue weighted by atomic mass is 10.1. The fraction of sp³-hybridized carbons (Fsp3) is 0.250. The Hall–Kier alpha value is -1.66. The quantitative estimate of drug-likeness (QED) is 0.478. The van der Waals surface area contributed by atoms with Crippen molar-refractivity contribution < 1.29 is 19.1 Å². The van der Waals surface area contributed by atoms with Gasteiger partial charge < -0.3 is 9.47 Å². The normalized spacial score (nSPS) is 16.3. The van der Waals surface area contributed by atoms with Crippen LogP contribution in [0.1, 0.15) is 12.5 Å². The second-order valence-corrected chi connectivity index (χ2v) is 7.19. The number of fused-ring (bicyclic) bond motifs is 1. The largest absolute Gasteiger partial charge is 0.454 e. The van der Waals surface area contributed by atoms with Crippen LogP contribution in [0.5, 0.6) is 11.5 Å². The summed E-state index contributed by atoms with van der Waals surface area (Å²) in [4.78, 5) is 24.1. The van der Waals surface area contributed by atoms with Gasteiger partial charge >= 0.3 is 0 Å². The van der Waals surface area contributed by atoms with E-state index in [0.29, 0.717) is 17.1 Å². The van der Waals surface area contributed by atoms with Crippen LogP contribution in [0.15, 0.2) is 34.1 Å². The van der Waals surface area contributed by atoms with Crippen LogP contribution in [0.3, 0.4) is 0 Å². The molecule has 0 unspecified atom stereocenters. The van der Waals surface area contributed by atoms with Crippen LogP contribution in [0.2, 0.25) is 0 Å². The third-order valence-corrected chi connectivity index (χ3v) is 5.89. The number of thioether (sulfide) groups is 2. The molecule has 0 radical (unpaired) electrons. The van der Waals surface area contributed by atoms with Crippen molar-refractivity contribution in [3.05, 3.63) is 39.6 Å². The van der Waals surface area contributed by atoms with Crippen molar-refractivity contribution in [2.24, 2.45) is 0 Å². The first-order valence-corrected chi connectivity index (χ1v) is 8.75. The molecule has 3 rings (SSSR count). The van der Waals surface area contributed by atoms with E-state index in [0.717, 1.165) is 21.3 Å². The minimum Gasteiger partial charge on any atom is -0.454 e. The van der Waals surface area contributed by atoms with Crippen LogP contribution in [0.4, 0.5) is 0 Å². The summed E-state index contributed by atoms with van der Waals surface area (Å²) < 4.78 is 11.4. The highest BCUT2D eigenvalue weighted by Crippen LogP contribution is 2.39. The number of ether oxygens (including phenoxy) is 2. The molecule has 2 aliphatic heterocycles. The third kappa shape index (κ3) is 3.23. The Balaban J connectivity index is 1.80. The van der Waals surface area contributed by atoms with E-state index >= 15 is 0 Å². The Morgan fingerprint density at radius 2 is 1.86 bits per heavy atom. The van der Waals surface area contributed by atoms with Gasteiger partial charge in [-0.2, -0.15) is 0 Å². The van der Waals surface area contributed by atoms with Crippen molar-refractivity contribution in [1.29, 1.82) is 0 Å². The molecule has 1 fully saturated rings. The van der Waals surface area contributed by atoms with Crippen LogP contribution < -0.4 is 9.47 Å². The zero-order valence-corrected chi connectivity index (χ0v) is 13.6. The molecule has 0 aliphatic carbocycles. The summed E-state index contributed by atoms with van der Waals surface area (Å²) >= 11 is 3.15. The summed E-state index contributed by atoms with van der Waals surface area (Å²) in [6, 6.07) is 5.46. The molecule has 0 aromatic heterocycles. The minimum absolute atomic E-state index is 0.183. The summed E-state index contributed by atoms with van der Waals surface area (Å²) in [5.41, 5.74) is 1.13. The van der Waals surface area contributed by atoms with Gasteiger partial charge in [-0.3, -0.25) is 9.59 Å². The standard InChI is InChI=1S/C16H14O4S2/c1-10(17)15(16-21-6-7-22-16)12(18)4-2-11-3-5-13-14(8-11)20-9-19-13/h2-5,8H,6-7,9H2,1H3/b4-2+. The van der Waals surface area contributed by atoms with Crippen molar-refractivity contribution in [2.45, 2.75) is 6.92 Å². The number of benzene rings is 1. The Labute approximate surface area is 136 Å². The van der Waals surface area contributed by atoms with Gasteiger partial charge in [0.05, 0.1) is 9.81 Å². The summed E-state index contributed by atoms with van der Waals surface area (Å²) in [6.07, 6.45) is 3.14. The van der Waals surface area contributed by atoms with Gasteiger partial charge in [0.25, 0.3) is 0 Å². The van der Waals surface area contributed by atoms with Crippen LogP contribution in [-0.2, 0) is 9.59 Å². The molecule has 1 aromatic rings. The smallest absolute Gasteiger partial charge is 0.231 e. The van der Waals surface area contributed by atoms with Gasteiger partial charge in [0.1, 0.15) is 0 Å². The molecule has 0 bridgehead atoms. The van der Waals surface area contributed by atoms with Gasteiger partial charge in [-0.1, -0.05) is 12.1 Å². The molecule has 6 heteroatoms. The van der Waals surface area contributed by atoms with Gasteiger partial charge in [-0.15, -0.1) is 23.5 Å². The monoisotopic (exact) mass is 334 g/mol. The summed E-state index contributed by atoms with van der Waals surface area (Å²) in [5, 5.41) is 0. The molecule has 1 aromatic carbocycles. The second kappa shape index (κ2) is 6.62. The molecule has 2 heterocycles. The molecule has 4 nitrogen and oxygen atoms in total. The van der Waals surface area contributed by atoms with Crippen molar-refractivity contribution in [1.82, 2.24) is 0 Å². The Morgan fingerprint density at radius 1 is 1.14 bits per heavy atom. The maximum Gasteiger partial charge on any atom is 0.231 e. The van der Waals surface area contributed by atoms with Crippen LogP contribution in [0, 0.1) is 0 Å². The number of Topliss-reactive ketones (excluding diaryl/α,β-unsaturated/α-hetero) is 1. The number of hydrogen-bond donors (Lipinski definition) is 0. The Morgan fingerprint density at radius 3 is 2.59 bits per heavy atom. The number of rotatable bonds is 4. The summed E-state index contributed by atoms with van der Waals surface area (Å²) in [6.45, 7) is 1.66. The molecule has 1 saturated heterocycles. The molecule has 22 heavy (non-hydrogen) atoms. The van der Waals surface area contributed by atoms with Gasteiger partial charge in [0.2, 0.25) is 6.79 Å². The first-order valence-electron chi connectivity index (χ1n) is 6.78. The van der Waals surface area contributed by atoms with Crippen molar-refractivity contribution >= 4 is 41.2 Å². The van der Waals surface area contributed by atoms with Crippen molar-refractivity contribution in [2.75, 3.05) is 18.3 Å². The average Bonchev–Trinajstić information content (AvgIpc) is 3.15. The van der Waals surface area contributed by atoms with E-state index in [2.05, 4.69) is 0 Å². The summed E-state index contributed by atoms with van der Waals surface area (Å²) in [7, 11) is 0. The molecule has 2 aliphatic rings. The van der Waals surface area contributed by atoms with E-state index in [-0.39, 0.29) is 18.4 Å². The first-order chi connectivity index (χ1) is 10.6. The van der Waals surface area contributed by atoms with Gasteiger partial charge in [-0.05, 0) is 30.7 Å². The molecule has 0 spiro atoms. The van der Waals surface area contributed by atoms with Crippen LogP contribution in [-0.4, -0.2) is 29.9 Å². The maximum atomic E-state index is 12.3. The Kier molecular flexibility index (Phi) is 4.59. The molecule has 0 N–H and O–H groups in total. The van der Waals surface area contributed by atoms with Gasteiger partial charge in [0, 0.05) is 11.5 Å². The molecular weight excluding hydrogens is 320 g/mol. The molecule has 0 amide bonds. The van der Waals surface area contributed by atoms with E-state index in [4.69, 9.17) is 9.47 Å². The highest BCUT2D eigenvalue weighted by Gasteiger charge is 2.22. The highest BCUT2D eigenvalue weighted by molar-refractivity contribution is 8.25. The zero-order valence-electron chi connectivity index (χ0n) is 12.0. The van der Waals surface area contributed by atoms with Crippen molar-refractivity contribution in [3.63, 3.8) is 0 Å². The molecular formula is C16H14O4S2. The van der Waals surface area contributed by atoms with E-state index < -0.39 is 0 Å². The zero-order chi connectivity index (χ0) is 15.5. The lowest BCUT2D eigenvalue weighted by molar-refractivity contribution is -0.118. The van der Waals surface area contributed by atoms with Gasteiger partial charge in [-0.25, -0.2) is 0 Å².